The first-order valence-corrected chi connectivity index (χ1v) is 14.6. The zero-order valence-electron chi connectivity index (χ0n) is 25.4. The second kappa shape index (κ2) is 12.1. The van der Waals surface area contributed by atoms with Gasteiger partial charge >= 0.3 is 19.1 Å². The Morgan fingerprint density at radius 1 is 0.600 bits per heavy atom. The van der Waals surface area contributed by atoms with E-state index >= 15 is 0 Å². The van der Waals surface area contributed by atoms with E-state index in [1.807, 2.05) is 88.4 Å². The molecule has 6 rings (SSSR count). The molecule has 0 radical (unpaired) electrons. The van der Waals surface area contributed by atoms with E-state index in [2.05, 4.69) is 9.97 Å². The Kier molecular flexibility index (Phi) is 8.06. The predicted molar refractivity (Wildman–Crippen MR) is 171 cm³/mol. The zero-order valence-corrected chi connectivity index (χ0v) is 25.4. The van der Waals surface area contributed by atoms with Crippen LogP contribution in [0.5, 0.6) is 11.5 Å². The highest BCUT2D eigenvalue weighted by atomic mass is 16.7. The lowest BCUT2D eigenvalue weighted by Crippen LogP contribution is -2.41. The summed E-state index contributed by atoms with van der Waals surface area (Å²) in [4.78, 5) is 35.7. The van der Waals surface area contributed by atoms with E-state index in [-0.39, 0.29) is 22.6 Å². The molecular weight excluding hydrogens is 567 g/mol. The summed E-state index contributed by atoms with van der Waals surface area (Å²) in [5.74, 6) is -0.833. The number of benzene rings is 3. The SMILES string of the molecule is CC1(C)OB(c2cc(C(=O)Oc3ccc(-c4ccccc4)nc3)cc(C(=O)Oc3ccc(-c4ccccc4)nc3)c2)OC1(C)C. The number of aromatic nitrogens is 2. The molecule has 1 aliphatic heterocycles. The predicted octanol–water partition coefficient (Wildman–Crippen LogP) is 6.55. The van der Waals surface area contributed by atoms with Gasteiger partial charge in [0.05, 0.1) is 46.1 Å². The smallest absolute Gasteiger partial charge is 0.421 e. The van der Waals surface area contributed by atoms with E-state index in [0.29, 0.717) is 5.46 Å². The van der Waals surface area contributed by atoms with Gasteiger partial charge in [-0.3, -0.25) is 9.97 Å². The Balaban J connectivity index is 1.26. The third kappa shape index (κ3) is 6.55. The average Bonchev–Trinajstić information content (AvgIpc) is 3.28. The molecule has 0 N–H and O–H groups in total. The topological polar surface area (TPSA) is 96.8 Å². The van der Waals surface area contributed by atoms with E-state index < -0.39 is 30.3 Å². The Bertz CT molecular complexity index is 1700. The van der Waals surface area contributed by atoms with Gasteiger partial charge in [0.2, 0.25) is 0 Å². The molecule has 45 heavy (non-hydrogen) atoms. The van der Waals surface area contributed by atoms with Crippen LogP contribution in [0.15, 0.2) is 116 Å². The number of carbonyl (C=O) groups excluding carboxylic acids is 2. The summed E-state index contributed by atoms with van der Waals surface area (Å²) in [6.07, 6.45) is 2.97. The first kappa shape index (κ1) is 29.9. The first-order chi connectivity index (χ1) is 21.6. The van der Waals surface area contributed by atoms with E-state index in [4.69, 9.17) is 18.8 Å². The van der Waals surface area contributed by atoms with Gasteiger partial charge in [-0.2, -0.15) is 0 Å². The van der Waals surface area contributed by atoms with Gasteiger partial charge in [-0.25, -0.2) is 9.59 Å². The van der Waals surface area contributed by atoms with Crippen molar-refractivity contribution in [3.8, 4) is 34.0 Å². The normalized spacial score (nSPS) is 15.0. The van der Waals surface area contributed by atoms with Gasteiger partial charge in [-0.05, 0) is 75.6 Å². The summed E-state index contributed by atoms with van der Waals surface area (Å²) in [6, 6.07) is 30.9. The molecule has 3 heterocycles. The third-order valence-electron chi connectivity index (χ3n) is 7.99. The Labute approximate surface area is 262 Å². The molecule has 2 aromatic heterocycles. The maximum absolute atomic E-state index is 13.4. The fourth-order valence-electron chi connectivity index (χ4n) is 4.78. The van der Waals surface area contributed by atoms with Crippen molar-refractivity contribution >= 4 is 24.5 Å². The summed E-state index contributed by atoms with van der Waals surface area (Å²) in [5, 5.41) is 0. The van der Waals surface area contributed by atoms with Gasteiger partial charge in [0.25, 0.3) is 0 Å². The Morgan fingerprint density at radius 3 is 1.40 bits per heavy atom. The Morgan fingerprint density at radius 2 is 1.02 bits per heavy atom. The zero-order chi connectivity index (χ0) is 31.6. The number of esters is 2. The molecule has 3 aromatic carbocycles. The van der Waals surface area contributed by atoms with Gasteiger partial charge in [0.1, 0.15) is 11.5 Å². The molecule has 8 nitrogen and oxygen atoms in total. The molecule has 1 saturated heterocycles. The summed E-state index contributed by atoms with van der Waals surface area (Å²) in [6.45, 7) is 7.72. The maximum atomic E-state index is 13.4. The van der Waals surface area contributed by atoms with Crippen LogP contribution in [0.2, 0.25) is 0 Å². The highest BCUT2D eigenvalue weighted by Crippen LogP contribution is 2.36. The molecule has 1 aliphatic rings. The van der Waals surface area contributed by atoms with Crippen LogP contribution in [-0.2, 0) is 9.31 Å². The van der Waals surface area contributed by atoms with Crippen LogP contribution >= 0.6 is 0 Å². The molecule has 0 bridgehead atoms. The average molecular weight is 598 g/mol. The fraction of sp³-hybridized carbons (Fsp3) is 0.167. The molecule has 224 valence electrons. The summed E-state index contributed by atoms with van der Waals surface area (Å²) < 4.78 is 23.7. The highest BCUT2D eigenvalue weighted by molar-refractivity contribution is 6.62. The monoisotopic (exact) mass is 598 g/mol. The molecule has 9 heteroatoms. The van der Waals surface area contributed by atoms with E-state index in [1.54, 1.807) is 36.4 Å². The van der Waals surface area contributed by atoms with Crippen molar-refractivity contribution in [2.45, 2.75) is 38.9 Å². The minimum Gasteiger partial charge on any atom is -0.421 e. The number of hydrogen-bond donors (Lipinski definition) is 0. The molecule has 0 spiro atoms. The number of rotatable bonds is 7. The van der Waals surface area contributed by atoms with Crippen molar-refractivity contribution in [3.05, 3.63) is 127 Å². The van der Waals surface area contributed by atoms with Crippen molar-refractivity contribution in [2.24, 2.45) is 0 Å². The van der Waals surface area contributed by atoms with Gasteiger partial charge in [-0.1, -0.05) is 60.7 Å². The lowest BCUT2D eigenvalue weighted by atomic mass is 9.77. The molecule has 0 aliphatic carbocycles. The minimum atomic E-state index is -0.826. The summed E-state index contributed by atoms with van der Waals surface area (Å²) in [7, 11) is -0.826. The van der Waals surface area contributed by atoms with Crippen LogP contribution in [-0.4, -0.2) is 40.2 Å². The van der Waals surface area contributed by atoms with Crippen LogP contribution < -0.4 is 14.9 Å². The number of carbonyl (C=O) groups is 2. The lowest BCUT2D eigenvalue weighted by molar-refractivity contribution is 0.00578. The van der Waals surface area contributed by atoms with E-state index in [0.717, 1.165) is 22.5 Å². The number of ether oxygens (including phenoxy) is 2. The summed E-state index contributed by atoms with van der Waals surface area (Å²) >= 11 is 0. The molecular formula is C36H31BN2O6. The van der Waals surface area contributed by atoms with Gasteiger partial charge in [0.15, 0.2) is 0 Å². The third-order valence-corrected chi connectivity index (χ3v) is 7.99. The second-order valence-electron chi connectivity index (χ2n) is 11.7. The quantitative estimate of drug-likeness (QED) is 0.154. The van der Waals surface area contributed by atoms with Crippen molar-refractivity contribution in [2.75, 3.05) is 0 Å². The Hall–Kier alpha value is -5.12. The molecule has 1 fully saturated rings. The van der Waals surface area contributed by atoms with Gasteiger partial charge in [-0.15, -0.1) is 0 Å². The molecule has 0 amide bonds. The van der Waals surface area contributed by atoms with E-state index in [1.165, 1.54) is 18.5 Å². The van der Waals surface area contributed by atoms with Crippen LogP contribution in [0.25, 0.3) is 22.5 Å². The maximum Gasteiger partial charge on any atom is 0.494 e. The largest absolute Gasteiger partial charge is 0.494 e. The standard InChI is InChI=1S/C36H31BN2O6/c1-35(2)36(3,4)45-37(44-35)28-20-26(33(40)42-29-15-17-31(38-22-29)24-11-7-5-8-12-24)19-27(21-28)34(41)43-30-16-18-32(39-23-30)25-13-9-6-10-14-25/h5-23H,1-4H3. The highest BCUT2D eigenvalue weighted by Gasteiger charge is 2.52. The van der Waals surface area contributed by atoms with Crippen LogP contribution in [0.3, 0.4) is 0 Å². The van der Waals surface area contributed by atoms with Crippen molar-refractivity contribution in [3.63, 3.8) is 0 Å². The lowest BCUT2D eigenvalue weighted by Gasteiger charge is -2.32. The number of pyridine rings is 2. The van der Waals surface area contributed by atoms with Crippen molar-refractivity contribution < 1.29 is 28.4 Å². The van der Waals surface area contributed by atoms with E-state index in [9.17, 15) is 9.59 Å². The van der Waals surface area contributed by atoms with Crippen molar-refractivity contribution in [1.82, 2.24) is 9.97 Å². The second-order valence-corrected chi connectivity index (χ2v) is 11.7. The van der Waals surface area contributed by atoms with Gasteiger partial charge < -0.3 is 18.8 Å². The number of hydrogen-bond acceptors (Lipinski definition) is 8. The van der Waals surface area contributed by atoms with Crippen LogP contribution in [0.4, 0.5) is 0 Å². The number of nitrogens with zero attached hydrogens (tertiary/aromatic N) is 2. The fourth-order valence-corrected chi connectivity index (χ4v) is 4.78. The molecule has 0 atom stereocenters. The minimum absolute atomic E-state index is 0.124. The van der Waals surface area contributed by atoms with Crippen LogP contribution in [0.1, 0.15) is 48.4 Å². The van der Waals surface area contributed by atoms with Gasteiger partial charge in [0, 0.05) is 11.1 Å². The van der Waals surface area contributed by atoms with Crippen molar-refractivity contribution in [1.29, 1.82) is 0 Å². The molecule has 0 saturated carbocycles. The first-order valence-electron chi connectivity index (χ1n) is 14.6. The molecule has 0 unspecified atom stereocenters. The summed E-state index contributed by atoms with van der Waals surface area (Å²) in [5.41, 5.74) is 2.84. The molecule has 5 aromatic rings. The van der Waals surface area contributed by atoms with Crippen LogP contribution in [0, 0.1) is 0 Å².